The molecule has 2 saturated heterocycles. The molecule has 0 bridgehead atoms. The van der Waals surface area contributed by atoms with E-state index >= 15 is 0 Å². The number of nitrogens with one attached hydrogen (secondary N) is 2. The average Bonchev–Trinajstić information content (AvgIpc) is 2.53. The lowest BCUT2D eigenvalue weighted by Crippen LogP contribution is -2.40. The summed E-state index contributed by atoms with van der Waals surface area (Å²) in [5.74, 6) is 2.39. The van der Waals surface area contributed by atoms with E-state index in [4.69, 9.17) is 0 Å². The van der Waals surface area contributed by atoms with E-state index in [1.54, 1.807) is 0 Å². The summed E-state index contributed by atoms with van der Waals surface area (Å²) in [6, 6.07) is 0.399. The molecule has 3 nitrogen and oxygen atoms in total. The van der Waals surface area contributed by atoms with Crippen LogP contribution >= 0.6 is 11.8 Å². The molecule has 4 heteroatoms. The molecule has 2 aliphatic rings. The second kappa shape index (κ2) is 4.36. The van der Waals surface area contributed by atoms with E-state index in [0.717, 1.165) is 30.8 Å². The molecule has 0 aromatic carbocycles. The zero-order chi connectivity index (χ0) is 9.97. The lowest BCUT2D eigenvalue weighted by molar-refractivity contribution is -0.118. The van der Waals surface area contributed by atoms with Crippen molar-refractivity contribution in [3.05, 3.63) is 11.1 Å². The molecule has 78 valence electrons. The number of carbonyl (C=O) groups is 1. The Kier molecular flexibility index (Phi) is 3.13. The summed E-state index contributed by atoms with van der Waals surface area (Å²) in [5.41, 5.74) is 2.17. The van der Waals surface area contributed by atoms with E-state index in [1.165, 1.54) is 11.3 Å². The number of amides is 1. The number of carbonyl (C=O) groups excluding carboxylic acids is 1. The van der Waals surface area contributed by atoms with E-state index in [1.807, 2.05) is 18.7 Å². The highest BCUT2D eigenvalue weighted by Crippen LogP contribution is 2.18. The van der Waals surface area contributed by atoms with Gasteiger partial charge in [0, 0.05) is 30.5 Å². The molecular weight excluding hydrogens is 196 g/mol. The van der Waals surface area contributed by atoms with E-state index in [-0.39, 0.29) is 5.91 Å². The fourth-order valence-electron chi connectivity index (χ4n) is 1.62. The largest absolute Gasteiger partial charge is 0.349 e. The van der Waals surface area contributed by atoms with Gasteiger partial charge in [-0.25, -0.2) is 0 Å². The normalized spacial score (nSPS) is 25.8. The van der Waals surface area contributed by atoms with E-state index in [9.17, 15) is 4.79 Å². The van der Waals surface area contributed by atoms with Crippen molar-refractivity contribution in [2.24, 2.45) is 0 Å². The molecule has 0 radical (unpaired) electrons. The van der Waals surface area contributed by atoms with Crippen LogP contribution in [0.5, 0.6) is 0 Å². The molecule has 2 aliphatic heterocycles. The number of hydrogen-bond donors (Lipinski definition) is 2. The predicted octanol–water partition coefficient (Wildman–Crippen LogP) is 0.528. The standard InChI is InChI=1S/C10H16N2OS/c1-7(8-4-11-5-8)10(13)12-9-2-3-14-6-9/h9,11H,2-6H2,1H3,(H,12,13). The quantitative estimate of drug-likeness (QED) is 0.656. The van der Waals surface area contributed by atoms with Crippen molar-refractivity contribution >= 4 is 17.7 Å². The molecule has 14 heavy (non-hydrogen) atoms. The van der Waals surface area contributed by atoms with Crippen LogP contribution in [0.15, 0.2) is 11.1 Å². The lowest BCUT2D eigenvalue weighted by Gasteiger charge is -2.22. The minimum Gasteiger partial charge on any atom is -0.349 e. The maximum atomic E-state index is 11.7. The third kappa shape index (κ3) is 2.12. The van der Waals surface area contributed by atoms with Gasteiger partial charge in [0.15, 0.2) is 0 Å². The minimum atomic E-state index is 0.133. The van der Waals surface area contributed by atoms with Crippen molar-refractivity contribution in [1.82, 2.24) is 10.6 Å². The zero-order valence-corrected chi connectivity index (χ0v) is 9.25. The predicted molar refractivity (Wildman–Crippen MR) is 59.4 cm³/mol. The van der Waals surface area contributed by atoms with Gasteiger partial charge in [0.25, 0.3) is 0 Å². The van der Waals surface area contributed by atoms with Crippen molar-refractivity contribution in [1.29, 1.82) is 0 Å². The first-order valence-electron chi connectivity index (χ1n) is 5.05. The summed E-state index contributed by atoms with van der Waals surface area (Å²) >= 11 is 1.92. The van der Waals surface area contributed by atoms with Crippen molar-refractivity contribution in [2.45, 2.75) is 19.4 Å². The van der Waals surface area contributed by atoms with E-state index in [2.05, 4.69) is 10.6 Å². The summed E-state index contributed by atoms with van der Waals surface area (Å²) in [7, 11) is 0. The minimum absolute atomic E-state index is 0.133. The van der Waals surface area contributed by atoms with Gasteiger partial charge < -0.3 is 10.6 Å². The van der Waals surface area contributed by atoms with Crippen LogP contribution in [-0.2, 0) is 4.79 Å². The molecule has 2 N–H and O–H groups in total. The summed E-state index contributed by atoms with van der Waals surface area (Å²) in [4.78, 5) is 11.7. The summed E-state index contributed by atoms with van der Waals surface area (Å²) in [5, 5.41) is 6.23. The third-order valence-corrected chi connectivity index (χ3v) is 3.98. The van der Waals surface area contributed by atoms with Gasteiger partial charge in [0.1, 0.15) is 0 Å². The first-order chi connectivity index (χ1) is 6.77. The molecule has 2 heterocycles. The average molecular weight is 212 g/mol. The molecule has 0 saturated carbocycles. The van der Waals surface area contributed by atoms with Crippen LogP contribution in [0, 0.1) is 0 Å². The Morgan fingerprint density at radius 2 is 2.36 bits per heavy atom. The Balaban J connectivity index is 1.88. The Morgan fingerprint density at radius 1 is 1.57 bits per heavy atom. The van der Waals surface area contributed by atoms with Crippen LogP contribution < -0.4 is 10.6 Å². The fourth-order valence-corrected chi connectivity index (χ4v) is 2.77. The Bertz CT molecular complexity index is 263. The van der Waals surface area contributed by atoms with Crippen LogP contribution in [0.4, 0.5) is 0 Å². The van der Waals surface area contributed by atoms with Gasteiger partial charge in [-0.15, -0.1) is 0 Å². The van der Waals surface area contributed by atoms with Crippen LogP contribution in [0.1, 0.15) is 13.3 Å². The highest BCUT2D eigenvalue weighted by Gasteiger charge is 2.21. The molecule has 2 fully saturated rings. The van der Waals surface area contributed by atoms with E-state index < -0.39 is 0 Å². The molecule has 0 spiro atoms. The smallest absolute Gasteiger partial charge is 0.247 e. The Morgan fingerprint density at radius 3 is 2.86 bits per heavy atom. The van der Waals surface area contributed by atoms with Crippen LogP contribution in [0.25, 0.3) is 0 Å². The molecule has 0 aromatic heterocycles. The highest BCUT2D eigenvalue weighted by molar-refractivity contribution is 7.99. The highest BCUT2D eigenvalue weighted by atomic mass is 32.2. The second-order valence-corrected chi connectivity index (χ2v) is 5.02. The Labute approximate surface area is 88.7 Å². The van der Waals surface area contributed by atoms with Crippen molar-refractivity contribution in [2.75, 3.05) is 24.6 Å². The maximum absolute atomic E-state index is 11.7. The molecular formula is C10H16N2OS. The summed E-state index contributed by atoms with van der Waals surface area (Å²) in [6.45, 7) is 3.70. The Hall–Kier alpha value is -0.480. The number of hydrogen-bond acceptors (Lipinski definition) is 3. The van der Waals surface area contributed by atoms with Crippen molar-refractivity contribution in [3.8, 4) is 0 Å². The van der Waals surface area contributed by atoms with Gasteiger partial charge >= 0.3 is 0 Å². The van der Waals surface area contributed by atoms with Crippen LogP contribution in [-0.4, -0.2) is 36.5 Å². The second-order valence-electron chi connectivity index (χ2n) is 3.87. The summed E-state index contributed by atoms with van der Waals surface area (Å²) in [6.07, 6.45) is 1.12. The monoisotopic (exact) mass is 212 g/mol. The topological polar surface area (TPSA) is 41.1 Å². The van der Waals surface area contributed by atoms with Gasteiger partial charge in [0.05, 0.1) is 0 Å². The summed E-state index contributed by atoms with van der Waals surface area (Å²) < 4.78 is 0. The van der Waals surface area contributed by atoms with Gasteiger partial charge in [0.2, 0.25) is 5.91 Å². The fraction of sp³-hybridized carbons (Fsp3) is 0.700. The van der Waals surface area contributed by atoms with Gasteiger partial charge in [-0.1, -0.05) is 0 Å². The third-order valence-electron chi connectivity index (χ3n) is 2.81. The van der Waals surface area contributed by atoms with Gasteiger partial charge in [-0.2, -0.15) is 11.8 Å². The van der Waals surface area contributed by atoms with Crippen molar-refractivity contribution in [3.63, 3.8) is 0 Å². The molecule has 0 aliphatic carbocycles. The lowest BCUT2D eigenvalue weighted by atomic mass is 10.0. The molecule has 1 unspecified atom stereocenters. The van der Waals surface area contributed by atoms with E-state index in [0.29, 0.717) is 6.04 Å². The number of thioether (sulfide) groups is 1. The first-order valence-corrected chi connectivity index (χ1v) is 6.21. The van der Waals surface area contributed by atoms with Crippen molar-refractivity contribution < 1.29 is 4.79 Å². The molecule has 1 atom stereocenters. The van der Waals surface area contributed by atoms with Gasteiger partial charge in [-0.05, 0) is 24.7 Å². The molecule has 0 aromatic rings. The van der Waals surface area contributed by atoms with Crippen LogP contribution in [0.2, 0.25) is 0 Å². The first kappa shape index (κ1) is 10.1. The maximum Gasteiger partial charge on any atom is 0.247 e. The SMILES string of the molecule is CC(C(=O)NC1CCSC1)=C1CNC1. The zero-order valence-electron chi connectivity index (χ0n) is 8.43. The van der Waals surface area contributed by atoms with Gasteiger partial charge in [-0.3, -0.25) is 4.79 Å². The molecule has 2 rings (SSSR count). The molecule has 1 amide bonds. The van der Waals surface area contributed by atoms with Crippen LogP contribution in [0.3, 0.4) is 0 Å². The number of rotatable bonds is 2.